The number of hydrogen-bond donors (Lipinski definition) is 6. The highest BCUT2D eigenvalue weighted by atomic mass is 16.5. The molecule has 0 unspecified atom stereocenters. The zero-order chi connectivity index (χ0) is 34.4. The maximum atomic E-state index is 14.0. The number of carbonyl (C=O) groups excluding carboxylic acids is 1. The van der Waals surface area contributed by atoms with Crippen LogP contribution in [0.3, 0.4) is 0 Å². The van der Waals surface area contributed by atoms with Gasteiger partial charge in [0, 0.05) is 28.8 Å². The number of allylic oxidation sites excluding steroid dienone is 3. The summed E-state index contributed by atoms with van der Waals surface area (Å²) in [6.07, 6.45) is 1.15. The summed E-state index contributed by atoms with van der Waals surface area (Å²) in [4.78, 5) is 14.0. The van der Waals surface area contributed by atoms with Gasteiger partial charge in [-0.1, -0.05) is 35.9 Å². The number of carbonyl (C=O) groups is 1. The van der Waals surface area contributed by atoms with Crippen molar-refractivity contribution >= 4 is 5.78 Å². The van der Waals surface area contributed by atoms with Crippen molar-refractivity contribution in [1.82, 2.24) is 0 Å². The van der Waals surface area contributed by atoms with Crippen molar-refractivity contribution in [3.05, 3.63) is 118 Å². The van der Waals surface area contributed by atoms with Crippen LogP contribution >= 0.6 is 0 Å². The highest BCUT2D eigenvalue weighted by molar-refractivity contribution is 6.04. The summed E-state index contributed by atoms with van der Waals surface area (Å²) >= 11 is 0. The van der Waals surface area contributed by atoms with E-state index < -0.39 is 23.9 Å². The van der Waals surface area contributed by atoms with Gasteiger partial charge < -0.3 is 40.1 Å². The molecule has 48 heavy (non-hydrogen) atoms. The number of phenols is 6. The van der Waals surface area contributed by atoms with Crippen molar-refractivity contribution in [2.75, 3.05) is 0 Å². The standard InChI is InChI=1S/C39H38O9/c1-19(2)5-6-22(20(3)4)15-29-38-34(31(45)18-32(47-38)28-12-11-25(41)17-30(28)44)36(46)35-33(23-13-26(42)16-27(43)14-23)37(48-39(29)35)21-7-9-24(40)10-8-21/h5,7-14,16-17,22,32-33,37,40-44,46H,3,6,15,18H2,1-2,4H3/t22-,32-,33-,37+/m0/s1. The van der Waals surface area contributed by atoms with Gasteiger partial charge >= 0.3 is 0 Å². The van der Waals surface area contributed by atoms with Crippen molar-refractivity contribution in [3.8, 4) is 46.0 Å². The van der Waals surface area contributed by atoms with Crippen LogP contribution in [0.4, 0.5) is 0 Å². The van der Waals surface area contributed by atoms with Crippen LogP contribution in [-0.4, -0.2) is 36.4 Å². The van der Waals surface area contributed by atoms with Crippen molar-refractivity contribution in [3.63, 3.8) is 0 Å². The molecule has 2 aliphatic rings. The van der Waals surface area contributed by atoms with Crippen LogP contribution in [-0.2, 0) is 6.42 Å². The highest BCUT2D eigenvalue weighted by Crippen LogP contribution is 2.60. The first-order valence-corrected chi connectivity index (χ1v) is 15.7. The van der Waals surface area contributed by atoms with Gasteiger partial charge in [0.25, 0.3) is 0 Å². The van der Waals surface area contributed by atoms with Gasteiger partial charge in [-0.15, -0.1) is 0 Å². The highest BCUT2D eigenvalue weighted by Gasteiger charge is 2.46. The zero-order valence-electron chi connectivity index (χ0n) is 26.9. The fourth-order valence-electron chi connectivity index (χ4n) is 6.69. The Morgan fingerprint density at radius 2 is 1.50 bits per heavy atom. The van der Waals surface area contributed by atoms with E-state index in [9.17, 15) is 35.4 Å². The summed E-state index contributed by atoms with van der Waals surface area (Å²) in [5.41, 5.74) is 4.20. The van der Waals surface area contributed by atoms with Crippen LogP contribution in [0.2, 0.25) is 0 Å². The summed E-state index contributed by atoms with van der Waals surface area (Å²) in [6.45, 7) is 10.2. The molecule has 6 N–H and O–H groups in total. The monoisotopic (exact) mass is 650 g/mol. The van der Waals surface area contributed by atoms with Crippen LogP contribution in [0.15, 0.2) is 84.5 Å². The van der Waals surface area contributed by atoms with Crippen molar-refractivity contribution in [2.45, 2.75) is 58.2 Å². The molecule has 4 aromatic rings. The van der Waals surface area contributed by atoms with Crippen LogP contribution in [0, 0.1) is 5.92 Å². The first-order valence-electron chi connectivity index (χ1n) is 15.7. The molecule has 9 heteroatoms. The number of hydrogen-bond acceptors (Lipinski definition) is 9. The lowest BCUT2D eigenvalue weighted by Gasteiger charge is -2.31. The smallest absolute Gasteiger partial charge is 0.174 e. The third kappa shape index (κ3) is 5.99. The second-order valence-corrected chi connectivity index (χ2v) is 12.9. The maximum Gasteiger partial charge on any atom is 0.174 e. The summed E-state index contributed by atoms with van der Waals surface area (Å²) < 4.78 is 13.3. The molecule has 0 radical (unpaired) electrons. The van der Waals surface area contributed by atoms with Gasteiger partial charge in [0.1, 0.15) is 63.8 Å². The number of aromatic hydroxyl groups is 6. The topological polar surface area (TPSA) is 157 Å². The van der Waals surface area contributed by atoms with Gasteiger partial charge in [-0.05, 0) is 87.1 Å². The van der Waals surface area contributed by atoms with E-state index in [2.05, 4.69) is 12.7 Å². The molecule has 6 rings (SSSR count). The molecule has 0 saturated carbocycles. The van der Waals surface area contributed by atoms with E-state index in [1.807, 2.05) is 20.8 Å². The molecular formula is C39H38O9. The first-order chi connectivity index (χ1) is 22.8. The fraction of sp³-hybridized carbons (Fsp3) is 0.256. The summed E-state index contributed by atoms with van der Waals surface area (Å²) in [7, 11) is 0. The number of fused-ring (bicyclic) bond motifs is 2. The third-order valence-corrected chi connectivity index (χ3v) is 9.10. The van der Waals surface area contributed by atoms with E-state index in [-0.39, 0.29) is 58.1 Å². The van der Waals surface area contributed by atoms with Crippen molar-refractivity contribution in [1.29, 1.82) is 0 Å². The first kappa shape index (κ1) is 32.4. The Hall–Kier alpha value is -5.57. The Morgan fingerprint density at radius 3 is 2.12 bits per heavy atom. The van der Waals surface area contributed by atoms with E-state index in [4.69, 9.17) is 9.47 Å². The van der Waals surface area contributed by atoms with Crippen LogP contribution in [0.25, 0.3) is 0 Å². The Kier molecular flexibility index (Phi) is 8.47. The number of rotatable bonds is 8. The number of ketones is 1. The average molecular weight is 651 g/mol. The van der Waals surface area contributed by atoms with Gasteiger partial charge in [0.05, 0.1) is 12.3 Å². The Labute approximate surface area is 278 Å². The zero-order valence-corrected chi connectivity index (χ0v) is 26.9. The normalized spacial score (nSPS) is 18.6. The minimum atomic E-state index is -0.920. The second kappa shape index (κ2) is 12.6. The second-order valence-electron chi connectivity index (χ2n) is 12.9. The van der Waals surface area contributed by atoms with Crippen molar-refractivity contribution in [2.24, 2.45) is 5.92 Å². The molecule has 0 fully saturated rings. The predicted octanol–water partition coefficient (Wildman–Crippen LogP) is 7.98. The van der Waals surface area contributed by atoms with E-state index in [0.717, 1.165) is 11.1 Å². The molecule has 0 bridgehead atoms. The molecule has 2 heterocycles. The van der Waals surface area contributed by atoms with E-state index in [0.29, 0.717) is 46.4 Å². The average Bonchev–Trinajstić information content (AvgIpc) is 3.41. The molecule has 0 saturated heterocycles. The predicted molar refractivity (Wildman–Crippen MR) is 179 cm³/mol. The van der Waals surface area contributed by atoms with Crippen molar-refractivity contribution < 1.29 is 44.9 Å². The Morgan fingerprint density at radius 1 is 0.833 bits per heavy atom. The van der Waals surface area contributed by atoms with Gasteiger partial charge in [-0.2, -0.15) is 0 Å². The molecule has 0 spiro atoms. The van der Waals surface area contributed by atoms with Gasteiger partial charge in [-0.3, -0.25) is 4.79 Å². The van der Waals surface area contributed by atoms with E-state index >= 15 is 0 Å². The molecule has 9 nitrogen and oxygen atoms in total. The molecule has 0 amide bonds. The number of benzene rings is 4. The molecule has 2 aliphatic heterocycles. The van der Waals surface area contributed by atoms with Gasteiger partial charge in [-0.25, -0.2) is 0 Å². The molecular weight excluding hydrogens is 612 g/mol. The van der Waals surface area contributed by atoms with Gasteiger partial charge in [0.15, 0.2) is 5.78 Å². The SMILES string of the molecule is C=C(C)[C@@H](CC=C(C)C)Cc1c2c(c(O)c3c1O[C@H](c1ccc(O)cc1)[C@H]3c1cc(O)cc(O)c1)C(=O)C[C@@H](c1ccc(O)cc1O)O2. The molecule has 248 valence electrons. The molecule has 0 aliphatic carbocycles. The molecule has 4 aromatic carbocycles. The van der Waals surface area contributed by atoms with Crippen LogP contribution < -0.4 is 9.47 Å². The van der Waals surface area contributed by atoms with Crippen LogP contribution in [0.5, 0.6) is 46.0 Å². The number of phenolic OH excluding ortho intramolecular Hbond substituents is 6. The summed E-state index contributed by atoms with van der Waals surface area (Å²) in [6, 6.07) is 14.6. The van der Waals surface area contributed by atoms with E-state index in [1.165, 1.54) is 48.5 Å². The molecule has 4 atom stereocenters. The number of Topliss-reactive ketones (excluding diaryl/α,β-unsaturated/α-hetero) is 1. The Bertz CT molecular complexity index is 1930. The number of ether oxygens (including phenoxy) is 2. The third-order valence-electron chi connectivity index (χ3n) is 9.10. The largest absolute Gasteiger partial charge is 0.508 e. The molecule has 0 aromatic heterocycles. The quantitative estimate of drug-likeness (QED) is 0.104. The maximum absolute atomic E-state index is 14.0. The minimum Gasteiger partial charge on any atom is -0.508 e. The van der Waals surface area contributed by atoms with Crippen LogP contribution in [0.1, 0.15) is 89.9 Å². The fourth-order valence-corrected chi connectivity index (χ4v) is 6.69. The lowest BCUT2D eigenvalue weighted by molar-refractivity contribution is 0.0838. The van der Waals surface area contributed by atoms with Gasteiger partial charge in [0.2, 0.25) is 0 Å². The summed E-state index contributed by atoms with van der Waals surface area (Å²) in [5, 5.41) is 63.6. The van der Waals surface area contributed by atoms with E-state index in [1.54, 1.807) is 12.1 Å². The Balaban J connectivity index is 1.61. The lowest BCUT2D eigenvalue weighted by Crippen LogP contribution is -2.23. The lowest BCUT2D eigenvalue weighted by atomic mass is 9.80. The minimum absolute atomic E-state index is 0.0229. The summed E-state index contributed by atoms with van der Waals surface area (Å²) in [5.74, 6) is -1.96.